The van der Waals surface area contributed by atoms with Crippen LogP contribution in [0, 0.1) is 0 Å². The third kappa shape index (κ3) is 9.85. The Labute approximate surface area is 321 Å². The molecule has 10 heteroatoms. The summed E-state index contributed by atoms with van der Waals surface area (Å²) in [7, 11) is -7.97. The van der Waals surface area contributed by atoms with Crippen molar-refractivity contribution in [1.29, 1.82) is 0 Å². The van der Waals surface area contributed by atoms with Crippen LogP contribution in [0.1, 0.15) is 64.5 Å². The van der Waals surface area contributed by atoms with Gasteiger partial charge in [0, 0.05) is 34.3 Å². The van der Waals surface area contributed by atoms with Crippen LogP contribution in [-0.4, -0.2) is 50.5 Å². The average Bonchev–Trinajstić information content (AvgIpc) is 3.33. The summed E-state index contributed by atoms with van der Waals surface area (Å²) < 4.78 is 63.4. The smallest absolute Gasteiger partial charge is 0.264 e. The molecule has 0 atom stereocenters. The van der Waals surface area contributed by atoms with Crippen molar-refractivity contribution in [2.45, 2.75) is 64.2 Å². The third-order valence-corrected chi connectivity index (χ3v) is 12.0. The van der Waals surface area contributed by atoms with Crippen molar-refractivity contribution in [1.82, 2.24) is 0 Å². The number of fused-ring (bicyclic) bond motifs is 4. The van der Waals surface area contributed by atoms with Crippen molar-refractivity contribution in [3.63, 3.8) is 0 Å². The molecule has 0 bridgehead atoms. The summed E-state index contributed by atoms with van der Waals surface area (Å²) in [5.41, 5.74) is 5.97. The first-order valence-electron chi connectivity index (χ1n) is 18.5. The predicted molar refractivity (Wildman–Crippen MR) is 224 cm³/mol. The highest BCUT2D eigenvalue weighted by Crippen LogP contribution is 2.50. The van der Waals surface area contributed by atoms with Crippen molar-refractivity contribution in [3.8, 4) is 0 Å². The molecular formula is C44H53N2O6S2+. The maximum atomic E-state index is 11.4. The molecule has 286 valence electrons. The molecule has 0 aliphatic carbocycles. The molecule has 0 unspecified atom stereocenters. The number of rotatable bonds is 17. The lowest BCUT2D eigenvalue weighted by Crippen LogP contribution is -2.78. The fourth-order valence-corrected chi connectivity index (χ4v) is 8.69. The fourth-order valence-electron chi connectivity index (χ4n) is 7.55. The summed E-state index contributed by atoms with van der Waals surface area (Å²) >= 11 is 0. The summed E-state index contributed by atoms with van der Waals surface area (Å²) in [6.45, 7) is 14.6. The maximum absolute atomic E-state index is 11.4. The third-order valence-electron chi connectivity index (χ3n) is 10.4. The second kappa shape index (κ2) is 17.0. The number of anilines is 1. The second-order valence-electron chi connectivity index (χ2n) is 15.0. The Morgan fingerprint density at radius 3 is 2.02 bits per heavy atom. The minimum atomic E-state index is -4.01. The summed E-state index contributed by atoms with van der Waals surface area (Å²) in [5, 5.41) is 6.81. The lowest BCUT2D eigenvalue weighted by molar-refractivity contribution is -0.572. The van der Waals surface area contributed by atoms with Gasteiger partial charge >= 0.3 is 0 Å². The zero-order valence-electron chi connectivity index (χ0n) is 31.7. The zero-order chi connectivity index (χ0) is 39.1. The molecular weight excluding hydrogens is 717 g/mol. The van der Waals surface area contributed by atoms with E-state index in [2.05, 4.69) is 105 Å². The van der Waals surface area contributed by atoms with Crippen molar-refractivity contribution >= 4 is 53.2 Å². The van der Waals surface area contributed by atoms with Gasteiger partial charge in [0.25, 0.3) is 20.2 Å². The molecule has 1 heterocycles. The Hall–Kier alpha value is -4.32. The first-order chi connectivity index (χ1) is 25.5. The first-order valence-corrected chi connectivity index (χ1v) is 21.7. The van der Waals surface area contributed by atoms with Crippen LogP contribution in [-0.2, 0) is 31.1 Å². The Morgan fingerprint density at radius 1 is 0.759 bits per heavy atom. The normalized spacial score (nSPS) is 15.8. The van der Waals surface area contributed by atoms with Gasteiger partial charge in [-0.25, -0.2) is 0 Å². The van der Waals surface area contributed by atoms with Gasteiger partial charge in [-0.1, -0.05) is 125 Å². The van der Waals surface area contributed by atoms with E-state index in [9.17, 15) is 21.4 Å². The van der Waals surface area contributed by atoms with E-state index in [-0.39, 0.29) is 16.9 Å². The molecule has 0 saturated heterocycles. The molecule has 5 rings (SSSR count). The Kier molecular flexibility index (Phi) is 12.9. The largest absolute Gasteiger partial charge is 0.344 e. The van der Waals surface area contributed by atoms with Gasteiger partial charge in [-0.05, 0) is 82.6 Å². The molecule has 54 heavy (non-hydrogen) atoms. The number of unbranched alkanes of at least 4 members (excludes halogenated alkanes) is 2. The standard InChI is InChI=1S/C44H52N2O6S2/c1-33(43(2,3)41-36-22-13-11-20-34(36)25-27-38(41)45-29-15-17-31-53(47,48)49)19-9-7-6-8-10-24-40-44(4,5)42-37-23-14-12-21-35(37)26-28-39(42)46(40)30-16-18-32-54(50,51)52/h6-14,19-28,45H,1,15-18,29-32H2,2-5H3,(H,47,48,49)(H,50,51,52)/p+1. The van der Waals surface area contributed by atoms with Crippen LogP contribution in [0.5, 0.6) is 0 Å². The molecule has 8 nitrogen and oxygen atoms in total. The summed E-state index contributed by atoms with van der Waals surface area (Å²) in [5.74, 6) is -0.484. The van der Waals surface area contributed by atoms with Gasteiger partial charge < -0.3 is 10.2 Å². The van der Waals surface area contributed by atoms with Crippen molar-refractivity contribution < 1.29 is 31.3 Å². The van der Waals surface area contributed by atoms with Crippen LogP contribution < -0.4 is 10.2 Å². The summed E-state index contributed by atoms with van der Waals surface area (Å²) in [6, 6.07) is 25.2. The highest BCUT2D eigenvalue weighted by molar-refractivity contribution is 7.86. The highest BCUT2D eigenvalue weighted by Gasteiger charge is 2.40. The molecule has 0 amide bonds. The van der Waals surface area contributed by atoms with Gasteiger partial charge in [-0.2, -0.15) is 16.8 Å². The quantitative estimate of drug-likeness (QED) is 0.0424. The van der Waals surface area contributed by atoms with Crippen LogP contribution in [0.2, 0.25) is 0 Å². The Bertz CT molecular complexity index is 2350. The molecule has 0 spiro atoms. The van der Waals surface area contributed by atoms with E-state index in [1.165, 1.54) is 16.3 Å². The van der Waals surface area contributed by atoms with E-state index in [1.807, 2.05) is 54.7 Å². The van der Waals surface area contributed by atoms with Gasteiger partial charge in [-0.15, -0.1) is 0 Å². The van der Waals surface area contributed by atoms with Gasteiger partial charge in [0.2, 0.25) is 0 Å². The van der Waals surface area contributed by atoms with E-state index in [0.717, 1.165) is 39.0 Å². The fraction of sp³-hybridized carbons (Fsp3) is 0.318. The Morgan fingerprint density at radius 2 is 1.33 bits per heavy atom. The SMILES string of the molecule is C=C(C=CC=CC=CC=C1N(CCCCS(=O)(=O)O)c2ccc3ccccc3c2C1(C)C)C(C)(C)c1c([NH2+]CCCCS(=O)(=O)O)ccc2ccccc12. The number of allylic oxidation sites excluding steroid dienone is 9. The topological polar surface area (TPSA) is 129 Å². The number of quaternary nitrogens is 1. The monoisotopic (exact) mass is 769 g/mol. The van der Waals surface area contributed by atoms with Gasteiger partial charge in [0.15, 0.2) is 0 Å². The van der Waals surface area contributed by atoms with Crippen LogP contribution >= 0.6 is 0 Å². The van der Waals surface area contributed by atoms with E-state index in [0.29, 0.717) is 38.8 Å². The van der Waals surface area contributed by atoms with Crippen molar-refractivity contribution in [2.75, 3.05) is 29.5 Å². The molecule has 4 N–H and O–H groups in total. The minimum absolute atomic E-state index is 0.233. The lowest BCUT2D eigenvalue weighted by atomic mass is 9.75. The van der Waals surface area contributed by atoms with E-state index in [4.69, 9.17) is 4.55 Å². The number of hydrogen-bond acceptors (Lipinski definition) is 5. The van der Waals surface area contributed by atoms with E-state index in [1.54, 1.807) is 0 Å². The number of hydrogen-bond donors (Lipinski definition) is 3. The van der Waals surface area contributed by atoms with Crippen LogP contribution in [0.4, 0.5) is 11.4 Å². The molecule has 0 fully saturated rings. The highest BCUT2D eigenvalue weighted by atomic mass is 32.2. The second-order valence-corrected chi connectivity index (χ2v) is 18.2. The van der Waals surface area contributed by atoms with E-state index >= 15 is 0 Å². The number of benzene rings is 4. The zero-order valence-corrected chi connectivity index (χ0v) is 33.3. The van der Waals surface area contributed by atoms with Gasteiger partial charge in [0.05, 0.1) is 18.1 Å². The molecule has 1 aliphatic rings. The van der Waals surface area contributed by atoms with Gasteiger partial charge in [0.1, 0.15) is 5.69 Å². The van der Waals surface area contributed by atoms with Crippen molar-refractivity contribution in [2.24, 2.45) is 0 Å². The van der Waals surface area contributed by atoms with Crippen LogP contribution in [0.15, 0.2) is 133 Å². The van der Waals surface area contributed by atoms with Crippen LogP contribution in [0.3, 0.4) is 0 Å². The number of nitrogens with zero attached hydrogens (tertiary/aromatic N) is 1. The average molecular weight is 770 g/mol. The molecule has 0 radical (unpaired) electrons. The first kappa shape index (κ1) is 40.9. The molecule has 4 aromatic rings. The Balaban J connectivity index is 1.32. The summed E-state index contributed by atoms with van der Waals surface area (Å²) in [6.07, 6.45) is 16.2. The lowest BCUT2D eigenvalue weighted by Gasteiger charge is -2.29. The van der Waals surface area contributed by atoms with Crippen molar-refractivity contribution in [3.05, 3.63) is 144 Å². The molecule has 0 saturated carbocycles. The minimum Gasteiger partial charge on any atom is -0.344 e. The maximum Gasteiger partial charge on any atom is 0.264 e. The van der Waals surface area contributed by atoms with Crippen LogP contribution in [0.25, 0.3) is 21.5 Å². The van der Waals surface area contributed by atoms with Gasteiger partial charge in [-0.3, -0.25) is 9.11 Å². The predicted octanol–water partition coefficient (Wildman–Crippen LogP) is 8.71. The molecule has 0 aromatic heterocycles. The summed E-state index contributed by atoms with van der Waals surface area (Å²) in [4.78, 5) is 2.28. The molecule has 1 aliphatic heterocycles. The number of nitrogens with two attached hydrogens (primary N) is 1. The van der Waals surface area contributed by atoms with E-state index < -0.39 is 25.7 Å². The molecule has 4 aromatic carbocycles.